The van der Waals surface area contributed by atoms with Gasteiger partial charge in [0.15, 0.2) is 0 Å². The van der Waals surface area contributed by atoms with E-state index in [1.54, 1.807) is 16.9 Å². The molecular formula is C22H25FN4O. The third kappa shape index (κ3) is 4.28. The van der Waals surface area contributed by atoms with Crippen LogP contribution in [0.1, 0.15) is 33.2 Å². The number of amides is 1. The van der Waals surface area contributed by atoms with Crippen molar-refractivity contribution in [3.8, 4) is 5.69 Å². The first kappa shape index (κ1) is 19.8. The number of carbonyl (C=O) groups excluding carboxylic acids is 1. The molecule has 3 rings (SSSR count). The molecule has 146 valence electrons. The molecule has 0 aliphatic carbocycles. The van der Waals surface area contributed by atoms with E-state index in [2.05, 4.69) is 10.4 Å². The summed E-state index contributed by atoms with van der Waals surface area (Å²) in [6.07, 6.45) is 1.58. The van der Waals surface area contributed by atoms with Gasteiger partial charge in [-0.3, -0.25) is 4.79 Å². The molecule has 0 aliphatic heterocycles. The van der Waals surface area contributed by atoms with Crippen LogP contribution >= 0.6 is 0 Å². The number of nitrogens with one attached hydrogen (secondary N) is 1. The molecular weight excluding hydrogens is 355 g/mol. The van der Waals surface area contributed by atoms with Gasteiger partial charge in [-0.15, -0.1) is 0 Å². The Morgan fingerprint density at radius 1 is 1.18 bits per heavy atom. The van der Waals surface area contributed by atoms with Crippen LogP contribution in [0.25, 0.3) is 5.69 Å². The van der Waals surface area contributed by atoms with Crippen LogP contribution < -0.4 is 5.32 Å². The zero-order valence-electron chi connectivity index (χ0n) is 16.6. The first-order chi connectivity index (χ1) is 13.4. The molecule has 28 heavy (non-hydrogen) atoms. The van der Waals surface area contributed by atoms with Gasteiger partial charge in [-0.1, -0.05) is 29.8 Å². The van der Waals surface area contributed by atoms with E-state index in [0.29, 0.717) is 12.1 Å². The Morgan fingerprint density at radius 3 is 2.54 bits per heavy atom. The molecule has 0 spiro atoms. The van der Waals surface area contributed by atoms with E-state index in [9.17, 15) is 9.18 Å². The number of halogens is 1. The van der Waals surface area contributed by atoms with Gasteiger partial charge in [0.05, 0.1) is 29.2 Å². The lowest BCUT2D eigenvalue weighted by atomic mass is 10.1. The van der Waals surface area contributed by atoms with Crippen LogP contribution in [0.2, 0.25) is 0 Å². The normalized spacial score (nSPS) is 12.2. The second kappa shape index (κ2) is 8.35. The van der Waals surface area contributed by atoms with Crippen molar-refractivity contribution in [3.05, 3.63) is 82.9 Å². The van der Waals surface area contributed by atoms with Crippen molar-refractivity contribution >= 4 is 5.91 Å². The summed E-state index contributed by atoms with van der Waals surface area (Å²) in [7, 11) is 3.81. The number of aromatic nitrogens is 2. The van der Waals surface area contributed by atoms with Crippen molar-refractivity contribution in [1.82, 2.24) is 20.0 Å². The van der Waals surface area contributed by atoms with E-state index < -0.39 is 0 Å². The van der Waals surface area contributed by atoms with Gasteiger partial charge in [0, 0.05) is 6.54 Å². The fraction of sp³-hybridized carbons (Fsp3) is 0.273. The summed E-state index contributed by atoms with van der Waals surface area (Å²) >= 11 is 0. The zero-order valence-corrected chi connectivity index (χ0v) is 16.6. The summed E-state index contributed by atoms with van der Waals surface area (Å²) in [5, 5.41) is 7.32. The van der Waals surface area contributed by atoms with Crippen LogP contribution in [0.3, 0.4) is 0 Å². The number of hydrogen-bond donors (Lipinski definition) is 1. The quantitative estimate of drug-likeness (QED) is 0.710. The lowest BCUT2D eigenvalue weighted by Crippen LogP contribution is -2.34. The van der Waals surface area contributed by atoms with Crippen molar-refractivity contribution in [3.63, 3.8) is 0 Å². The first-order valence-corrected chi connectivity index (χ1v) is 9.18. The van der Waals surface area contributed by atoms with Gasteiger partial charge in [0.1, 0.15) is 5.82 Å². The highest BCUT2D eigenvalue weighted by Crippen LogP contribution is 2.19. The average molecular weight is 380 g/mol. The average Bonchev–Trinajstić information content (AvgIpc) is 3.04. The predicted octanol–water partition coefficient (Wildman–Crippen LogP) is 3.66. The number of rotatable bonds is 6. The molecule has 3 aromatic rings. The molecule has 0 aliphatic rings. The van der Waals surface area contributed by atoms with Gasteiger partial charge in [-0.05, 0) is 57.8 Å². The summed E-state index contributed by atoms with van der Waals surface area (Å²) in [4.78, 5) is 14.7. The Balaban J connectivity index is 1.75. The van der Waals surface area contributed by atoms with Gasteiger partial charge in [-0.25, -0.2) is 9.07 Å². The van der Waals surface area contributed by atoms with Crippen LogP contribution in [0, 0.1) is 19.7 Å². The summed E-state index contributed by atoms with van der Waals surface area (Å²) in [6.45, 7) is 4.26. The second-order valence-corrected chi connectivity index (χ2v) is 7.14. The van der Waals surface area contributed by atoms with Crippen molar-refractivity contribution in [2.24, 2.45) is 0 Å². The maximum absolute atomic E-state index is 13.6. The molecule has 1 heterocycles. The monoisotopic (exact) mass is 380 g/mol. The van der Waals surface area contributed by atoms with E-state index in [-0.39, 0.29) is 17.8 Å². The minimum atomic E-state index is -0.286. The Morgan fingerprint density at radius 2 is 1.89 bits per heavy atom. The largest absolute Gasteiger partial charge is 0.350 e. The molecule has 1 atom stereocenters. The Kier molecular flexibility index (Phi) is 5.90. The minimum absolute atomic E-state index is 0.132. The summed E-state index contributed by atoms with van der Waals surface area (Å²) in [6, 6.07) is 14.3. The van der Waals surface area contributed by atoms with Crippen LogP contribution in [-0.4, -0.2) is 41.2 Å². The molecule has 1 aromatic heterocycles. The van der Waals surface area contributed by atoms with Crippen molar-refractivity contribution in [2.45, 2.75) is 19.9 Å². The molecule has 1 N–H and O–H groups in total. The highest BCUT2D eigenvalue weighted by Gasteiger charge is 2.19. The maximum Gasteiger partial charge on any atom is 0.254 e. The van der Waals surface area contributed by atoms with Gasteiger partial charge >= 0.3 is 0 Å². The number of carbonyl (C=O) groups is 1. The van der Waals surface area contributed by atoms with Gasteiger partial charge < -0.3 is 10.2 Å². The number of aryl methyl sites for hydroxylation is 1. The maximum atomic E-state index is 13.6. The lowest BCUT2D eigenvalue weighted by Gasteiger charge is -2.25. The smallest absolute Gasteiger partial charge is 0.254 e. The van der Waals surface area contributed by atoms with Crippen LogP contribution in [-0.2, 0) is 0 Å². The van der Waals surface area contributed by atoms with E-state index in [1.807, 2.05) is 63.2 Å². The second-order valence-electron chi connectivity index (χ2n) is 7.14. The topological polar surface area (TPSA) is 50.2 Å². The molecule has 0 fully saturated rings. The highest BCUT2D eigenvalue weighted by atomic mass is 19.1. The summed E-state index contributed by atoms with van der Waals surface area (Å²) in [5.41, 5.74) is 4.19. The summed E-state index contributed by atoms with van der Waals surface area (Å²) < 4.78 is 15.3. The molecule has 1 unspecified atom stereocenters. The van der Waals surface area contributed by atoms with Crippen LogP contribution in [0.5, 0.6) is 0 Å². The lowest BCUT2D eigenvalue weighted by molar-refractivity contribution is 0.0941. The fourth-order valence-electron chi connectivity index (χ4n) is 3.18. The van der Waals surface area contributed by atoms with E-state index in [1.165, 1.54) is 17.7 Å². The van der Waals surface area contributed by atoms with E-state index in [0.717, 1.165) is 16.9 Å². The Bertz CT molecular complexity index is 963. The van der Waals surface area contributed by atoms with E-state index >= 15 is 0 Å². The molecule has 6 heteroatoms. The van der Waals surface area contributed by atoms with Crippen molar-refractivity contribution < 1.29 is 9.18 Å². The van der Waals surface area contributed by atoms with E-state index in [4.69, 9.17) is 0 Å². The molecule has 0 saturated heterocycles. The van der Waals surface area contributed by atoms with Gasteiger partial charge in [0.25, 0.3) is 5.91 Å². The molecule has 0 radical (unpaired) electrons. The molecule has 0 saturated carbocycles. The number of hydrogen-bond acceptors (Lipinski definition) is 3. The number of nitrogens with zero attached hydrogens (tertiary/aromatic N) is 3. The van der Waals surface area contributed by atoms with Crippen LogP contribution in [0.15, 0.2) is 54.7 Å². The van der Waals surface area contributed by atoms with Gasteiger partial charge in [0.2, 0.25) is 0 Å². The first-order valence-electron chi connectivity index (χ1n) is 9.18. The predicted molar refractivity (Wildman–Crippen MR) is 108 cm³/mol. The number of benzene rings is 2. The minimum Gasteiger partial charge on any atom is -0.350 e. The summed E-state index contributed by atoms with van der Waals surface area (Å²) in [5.74, 6) is -0.481. The Labute approximate surface area is 164 Å². The van der Waals surface area contributed by atoms with Gasteiger partial charge in [-0.2, -0.15) is 5.10 Å². The van der Waals surface area contributed by atoms with Crippen molar-refractivity contribution in [1.29, 1.82) is 0 Å². The number of likely N-dealkylation sites (N-methyl/N-ethyl adjacent to an activating group) is 1. The third-order valence-electron chi connectivity index (χ3n) is 4.85. The fourth-order valence-corrected chi connectivity index (χ4v) is 3.18. The highest BCUT2D eigenvalue weighted by molar-refractivity contribution is 5.95. The van der Waals surface area contributed by atoms with Crippen LogP contribution in [0.4, 0.5) is 4.39 Å². The molecule has 5 nitrogen and oxygen atoms in total. The molecule has 1 amide bonds. The zero-order chi connectivity index (χ0) is 20.3. The third-order valence-corrected chi connectivity index (χ3v) is 4.85. The van der Waals surface area contributed by atoms with Crippen molar-refractivity contribution in [2.75, 3.05) is 20.6 Å². The standard InChI is InChI=1S/C22H25FN4O/c1-15-8-10-19(11-9-15)27-16(2)20(13-25-27)22(28)24-14-21(26(3)4)17-6-5-7-18(23)12-17/h5-13,21H,14H2,1-4H3,(H,24,28). The molecule has 0 bridgehead atoms. The SMILES string of the molecule is Cc1ccc(-n2ncc(C(=O)NCC(c3cccc(F)c3)N(C)C)c2C)cc1. The molecule has 2 aromatic carbocycles. The Hall–Kier alpha value is -2.99.